The number of anilines is 1. The van der Waals surface area contributed by atoms with E-state index in [0.717, 1.165) is 5.69 Å². The van der Waals surface area contributed by atoms with E-state index in [2.05, 4.69) is 26.6 Å². The number of rotatable bonds is 5. The molecule has 0 saturated heterocycles. The lowest BCUT2D eigenvalue weighted by Crippen LogP contribution is -2.26. The summed E-state index contributed by atoms with van der Waals surface area (Å²) >= 11 is 3.24. The van der Waals surface area contributed by atoms with Gasteiger partial charge in [0.25, 0.3) is 5.69 Å². The molecule has 0 saturated carbocycles. The van der Waals surface area contributed by atoms with Crippen molar-refractivity contribution in [2.45, 2.75) is 6.92 Å². The SMILES string of the molecule is CC(=O)NCCNc1ccc([N+](=O)[O-])cc1Br. The van der Waals surface area contributed by atoms with Gasteiger partial charge in [-0.1, -0.05) is 0 Å². The minimum Gasteiger partial charge on any atom is -0.382 e. The van der Waals surface area contributed by atoms with Crippen molar-refractivity contribution in [3.63, 3.8) is 0 Å². The number of carbonyl (C=O) groups is 1. The molecule has 1 amide bonds. The summed E-state index contributed by atoms with van der Waals surface area (Å²) in [7, 11) is 0. The Morgan fingerprint density at radius 2 is 2.18 bits per heavy atom. The summed E-state index contributed by atoms with van der Waals surface area (Å²) in [6.45, 7) is 2.50. The van der Waals surface area contributed by atoms with Gasteiger partial charge in [0.05, 0.1) is 4.92 Å². The van der Waals surface area contributed by atoms with Crippen LogP contribution in [0.5, 0.6) is 0 Å². The molecule has 0 aliphatic carbocycles. The predicted octanol–water partition coefficient (Wildman–Crippen LogP) is 1.91. The zero-order chi connectivity index (χ0) is 12.8. The van der Waals surface area contributed by atoms with Gasteiger partial charge in [-0.2, -0.15) is 0 Å². The van der Waals surface area contributed by atoms with Crippen LogP contribution in [-0.2, 0) is 4.79 Å². The second kappa shape index (κ2) is 6.19. The number of non-ortho nitro benzene ring substituents is 1. The topological polar surface area (TPSA) is 84.3 Å². The molecule has 1 aromatic rings. The van der Waals surface area contributed by atoms with Crippen LogP contribution in [0, 0.1) is 10.1 Å². The van der Waals surface area contributed by atoms with Crippen LogP contribution < -0.4 is 10.6 Å². The zero-order valence-electron chi connectivity index (χ0n) is 9.20. The van der Waals surface area contributed by atoms with Gasteiger partial charge in [0, 0.05) is 42.3 Å². The Labute approximate surface area is 107 Å². The van der Waals surface area contributed by atoms with Gasteiger partial charge < -0.3 is 10.6 Å². The van der Waals surface area contributed by atoms with Gasteiger partial charge in [0.15, 0.2) is 0 Å². The maximum Gasteiger partial charge on any atom is 0.270 e. The first-order chi connectivity index (χ1) is 8.00. The lowest BCUT2D eigenvalue weighted by atomic mass is 10.3. The lowest BCUT2D eigenvalue weighted by molar-refractivity contribution is -0.384. The number of halogens is 1. The van der Waals surface area contributed by atoms with E-state index in [4.69, 9.17) is 0 Å². The van der Waals surface area contributed by atoms with Crippen LogP contribution in [0.3, 0.4) is 0 Å². The molecule has 0 radical (unpaired) electrons. The molecule has 0 heterocycles. The smallest absolute Gasteiger partial charge is 0.270 e. The summed E-state index contributed by atoms with van der Waals surface area (Å²) in [6.07, 6.45) is 0. The average molecular weight is 302 g/mol. The third-order valence-electron chi connectivity index (χ3n) is 1.98. The third kappa shape index (κ3) is 4.39. The molecular formula is C10H12BrN3O3. The number of amides is 1. The Morgan fingerprint density at radius 1 is 1.47 bits per heavy atom. The Bertz CT molecular complexity index is 437. The molecule has 17 heavy (non-hydrogen) atoms. The molecule has 92 valence electrons. The van der Waals surface area contributed by atoms with Crippen molar-refractivity contribution in [3.05, 3.63) is 32.8 Å². The third-order valence-corrected chi connectivity index (χ3v) is 2.63. The number of hydrogen-bond donors (Lipinski definition) is 2. The molecule has 1 aromatic carbocycles. The van der Waals surface area contributed by atoms with Crippen LogP contribution in [0.15, 0.2) is 22.7 Å². The first kappa shape index (κ1) is 13.4. The van der Waals surface area contributed by atoms with Gasteiger partial charge >= 0.3 is 0 Å². The molecule has 0 bridgehead atoms. The maximum absolute atomic E-state index is 10.6. The maximum atomic E-state index is 10.6. The number of carbonyl (C=O) groups excluding carboxylic acids is 1. The highest BCUT2D eigenvalue weighted by molar-refractivity contribution is 9.10. The molecule has 0 atom stereocenters. The standard InChI is InChI=1S/C10H12BrN3O3/c1-7(15)12-4-5-13-10-3-2-8(14(16)17)6-9(10)11/h2-3,6,13H,4-5H2,1H3,(H,12,15). The zero-order valence-corrected chi connectivity index (χ0v) is 10.8. The fourth-order valence-corrected chi connectivity index (χ4v) is 1.70. The predicted molar refractivity (Wildman–Crippen MR) is 68.0 cm³/mol. The molecule has 0 fully saturated rings. The Balaban J connectivity index is 2.54. The number of benzene rings is 1. The van der Waals surface area contributed by atoms with E-state index < -0.39 is 4.92 Å². The number of nitro groups is 1. The highest BCUT2D eigenvalue weighted by Crippen LogP contribution is 2.26. The fourth-order valence-electron chi connectivity index (χ4n) is 1.20. The minimum atomic E-state index is -0.453. The van der Waals surface area contributed by atoms with Crippen molar-refractivity contribution in [2.75, 3.05) is 18.4 Å². The Morgan fingerprint density at radius 3 is 2.71 bits per heavy atom. The van der Waals surface area contributed by atoms with E-state index in [0.29, 0.717) is 17.6 Å². The van der Waals surface area contributed by atoms with Crippen LogP contribution in [0.25, 0.3) is 0 Å². The Hall–Kier alpha value is -1.63. The van der Waals surface area contributed by atoms with Crippen LogP contribution in [0.1, 0.15) is 6.92 Å². The van der Waals surface area contributed by atoms with Gasteiger partial charge in [-0.05, 0) is 22.0 Å². The monoisotopic (exact) mass is 301 g/mol. The van der Waals surface area contributed by atoms with Crippen LogP contribution in [0.4, 0.5) is 11.4 Å². The van der Waals surface area contributed by atoms with Gasteiger partial charge in [-0.25, -0.2) is 0 Å². The van der Waals surface area contributed by atoms with Gasteiger partial charge in [-0.15, -0.1) is 0 Å². The molecule has 0 aromatic heterocycles. The second-order valence-electron chi connectivity index (χ2n) is 3.33. The van der Waals surface area contributed by atoms with E-state index in [-0.39, 0.29) is 11.6 Å². The highest BCUT2D eigenvalue weighted by Gasteiger charge is 2.08. The number of nitro benzene ring substituents is 1. The first-order valence-corrected chi connectivity index (χ1v) is 5.72. The van der Waals surface area contributed by atoms with Crippen molar-refractivity contribution < 1.29 is 9.72 Å². The number of nitrogens with one attached hydrogen (secondary N) is 2. The molecule has 0 spiro atoms. The average Bonchev–Trinajstić information content (AvgIpc) is 2.25. The van der Waals surface area contributed by atoms with Crippen molar-refractivity contribution in [1.82, 2.24) is 5.32 Å². The summed E-state index contributed by atoms with van der Waals surface area (Å²) in [5, 5.41) is 16.2. The van der Waals surface area contributed by atoms with Crippen molar-refractivity contribution in [3.8, 4) is 0 Å². The molecule has 2 N–H and O–H groups in total. The van der Waals surface area contributed by atoms with Crippen LogP contribution in [-0.4, -0.2) is 23.9 Å². The van der Waals surface area contributed by atoms with Gasteiger partial charge in [0.1, 0.15) is 0 Å². The lowest BCUT2D eigenvalue weighted by Gasteiger charge is -2.08. The normalized spacial score (nSPS) is 9.76. The van der Waals surface area contributed by atoms with E-state index >= 15 is 0 Å². The summed E-state index contributed by atoms with van der Waals surface area (Å²) in [5.41, 5.74) is 0.783. The number of hydrogen-bond acceptors (Lipinski definition) is 4. The quantitative estimate of drug-likeness (QED) is 0.494. The molecule has 1 rings (SSSR count). The van der Waals surface area contributed by atoms with E-state index in [9.17, 15) is 14.9 Å². The van der Waals surface area contributed by atoms with Crippen molar-refractivity contribution in [2.24, 2.45) is 0 Å². The summed E-state index contributed by atoms with van der Waals surface area (Å²) in [4.78, 5) is 20.7. The highest BCUT2D eigenvalue weighted by atomic mass is 79.9. The van der Waals surface area contributed by atoms with Gasteiger partial charge in [0.2, 0.25) is 5.91 Å². The first-order valence-electron chi connectivity index (χ1n) is 4.93. The summed E-state index contributed by atoms with van der Waals surface area (Å²) in [6, 6.07) is 4.47. The molecule has 7 heteroatoms. The second-order valence-corrected chi connectivity index (χ2v) is 4.19. The fraction of sp³-hybridized carbons (Fsp3) is 0.300. The number of nitrogens with zero attached hydrogens (tertiary/aromatic N) is 1. The van der Waals surface area contributed by atoms with Crippen molar-refractivity contribution >= 4 is 33.2 Å². The molecule has 0 aliphatic heterocycles. The molecule has 0 unspecified atom stereocenters. The minimum absolute atomic E-state index is 0.0317. The Kier molecular flexibility index (Phi) is 4.89. The van der Waals surface area contributed by atoms with Crippen LogP contribution in [0.2, 0.25) is 0 Å². The van der Waals surface area contributed by atoms with Gasteiger partial charge in [-0.3, -0.25) is 14.9 Å². The summed E-state index contributed by atoms with van der Waals surface area (Å²) in [5.74, 6) is -0.0884. The van der Waals surface area contributed by atoms with E-state index in [1.165, 1.54) is 19.1 Å². The van der Waals surface area contributed by atoms with E-state index in [1.54, 1.807) is 6.07 Å². The summed E-state index contributed by atoms with van der Waals surface area (Å²) < 4.78 is 0.620. The largest absolute Gasteiger partial charge is 0.382 e. The van der Waals surface area contributed by atoms with Crippen molar-refractivity contribution in [1.29, 1.82) is 0 Å². The molecular weight excluding hydrogens is 290 g/mol. The van der Waals surface area contributed by atoms with Crippen LogP contribution >= 0.6 is 15.9 Å². The molecule has 6 nitrogen and oxygen atoms in total. The molecule has 0 aliphatic rings. The van der Waals surface area contributed by atoms with E-state index in [1.807, 2.05) is 0 Å².